The van der Waals surface area contributed by atoms with Gasteiger partial charge in [-0.2, -0.15) is 5.10 Å². The van der Waals surface area contributed by atoms with Crippen LogP contribution in [0, 0.1) is 11.6 Å². The highest BCUT2D eigenvalue weighted by molar-refractivity contribution is 5.90. The number of hydrogen-bond acceptors (Lipinski definition) is 4. The molecule has 0 saturated carbocycles. The van der Waals surface area contributed by atoms with Gasteiger partial charge in [-0.25, -0.2) is 18.3 Å². The number of benzene rings is 2. The van der Waals surface area contributed by atoms with Crippen molar-refractivity contribution in [3.8, 4) is 11.4 Å². The summed E-state index contributed by atoms with van der Waals surface area (Å²) in [7, 11) is 1.40. The van der Waals surface area contributed by atoms with Crippen molar-refractivity contribution in [2.45, 2.75) is 6.61 Å². The lowest BCUT2D eigenvalue weighted by Crippen LogP contribution is -2.09. The van der Waals surface area contributed by atoms with E-state index < -0.39 is 24.2 Å². The first-order valence-corrected chi connectivity index (χ1v) is 7.39. The monoisotopic (exact) mass is 344 g/mol. The summed E-state index contributed by atoms with van der Waals surface area (Å²) in [6.07, 6.45) is 1.54. The lowest BCUT2D eigenvalue weighted by Gasteiger charge is -2.06. The number of carbonyl (C=O) groups excluding carboxylic acids is 1. The van der Waals surface area contributed by atoms with Crippen LogP contribution in [0.2, 0.25) is 0 Å². The standard InChI is InChI=1S/C18H14F2N2O3/c1-24-15-10-22(13-7-3-2-4-8-13)21-17(15)18(23)25-11-12-6-5-9-14(19)16(12)20/h2-10H,11H2,1H3. The Labute approximate surface area is 142 Å². The van der Waals surface area contributed by atoms with Crippen molar-refractivity contribution in [3.05, 3.63) is 77.6 Å². The molecule has 2 aromatic carbocycles. The van der Waals surface area contributed by atoms with Crippen LogP contribution < -0.4 is 4.74 Å². The van der Waals surface area contributed by atoms with Crippen LogP contribution in [0.1, 0.15) is 16.1 Å². The van der Waals surface area contributed by atoms with E-state index in [-0.39, 0.29) is 17.0 Å². The van der Waals surface area contributed by atoms with E-state index in [1.165, 1.54) is 30.1 Å². The summed E-state index contributed by atoms with van der Waals surface area (Å²) in [6.45, 7) is -0.413. The average Bonchev–Trinajstić information content (AvgIpc) is 3.08. The van der Waals surface area contributed by atoms with Crippen molar-refractivity contribution >= 4 is 5.97 Å². The fourth-order valence-electron chi connectivity index (χ4n) is 2.23. The Morgan fingerprint density at radius 3 is 2.60 bits per heavy atom. The Morgan fingerprint density at radius 2 is 1.88 bits per heavy atom. The van der Waals surface area contributed by atoms with Crippen molar-refractivity contribution in [1.29, 1.82) is 0 Å². The van der Waals surface area contributed by atoms with E-state index in [4.69, 9.17) is 9.47 Å². The average molecular weight is 344 g/mol. The third kappa shape index (κ3) is 3.50. The maximum absolute atomic E-state index is 13.6. The van der Waals surface area contributed by atoms with Gasteiger partial charge in [0.25, 0.3) is 0 Å². The van der Waals surface area contributed by atoms with Crippen molar-refractivity contribution in [3.63, 3.8) is 0 Å². The van der Waals surface area contributed by atoms with E-state index in [0.29, 0.717) is 0 Å². The Kier molecular flexibility index (Phi) is 4.74. The minimum Gasteiger partial charge on any atom is -0.493 e. The molecule has 7 heteroatoms. The topological polar surface area (TPSA) is 53.4 Å². The van der Waals surface area contributed by atoms with Gasteiger partial charge in [-0.1, -0.05) is 30.3 Å². The van der Waals surface area contributed by atoms with Crippen LogP contribution in [-0.2, 0) is 11.3 Å². The highest BCUT2D eigenvalue weighted by Gasteiger charge is 2.20. The number of halogens is 2. The van der Waals surface area contributed by atoms with E-state index >= 15 is 0 Å². The molecule has 3 rings (SSSR count). The maximum Gasteiger partial charge on any atom is 0.363 e. The molecule has 0 saturated heterocycles. The molecule has 0 spiro atoms. The number of nitrogens with zero attached hydrogens (tertiary/aromatic N) is 2. The Hall–Kier alpha value is -3.22. The van der Waals surface area contributed by atoms with Gasteiger partial charge in [-0.05, 0) is 18.2 Å². The normalized spacial score (nSPS) is 10.5. The first-order chi connectivity index (χ1) is 12.1. The van der Waals surface area contributed by atoms with Crippen molar-refractivity contribution < 1.29 is 23.0 Å². The molecule has 3 aromatic rings. The van der Waals surface area contributed by atoms with Gasteiger partial charge in [0.1, 0.15) is 6.61 Å². The first kappa shape index (κ1) is 16.6. The van der Waals surface area contributed by atoms with Gasteiger partial charge in [-0.15, -0.1) is 0 Å². The second-order valence-electron chi connectivity index (χ2n) is 5.12. The highest BCUT2D eigenvalue weighted by atomic mass is 19.2. The minimum absolute atomic E-state index is 0.0526. The third-order valence-corrected chi connectivity index (χ3v) is 3.51. The van der Waals surface area contributed by atoms with E-state index in [2.05, 4.69) is 5.10 Å². The summed E-state index contributed by atoms with van der Waals surface area (Å²) < 4.78 is 38.5. The molecule has 1 heterocycles. The molecule has 0 aliphatic heterocycles. The van der Waals surface area contributed by atoms with Gasteiger partial charge in [0.05, 0.1) is 19.0 Å². The van der Waals surface area contributed by atoms with Crippen molar-refractivity contribution in [2.24, 2.45) is 0 Å². The number of ether oxygens (including phenoxy) is 2. The van der Waals surface area contributed by atoms with Gasteiger partial charge in [0.2, 0.25) is 5.69 Å². The summed E-state index contributed by atoms with van der Waals surface area (Å²) >= 11 is 0. The molecule has 0 atom stereocenters. The SMILES string of the molecule is COc1cn(-c2ccccc2)nc1C(=O)OCc1cccc(F)c1F. The number of hydrogen-bond donors (Lipinski definition) is 0. The van der Waals surface area contributed by atoms with E-state index in [1.807, 2.05) is 30.3 Å². The van der Waals surface area contributed by atoms with E-state index in [0.717, 1.165) is 11.8 Å². The van der Waals surface area contributed by atoms with Crippen molar-refractivity contribution in [2.75, 3.05) is 7.11 Å². The second-order valence-corrected chi connectivity index (χ2v) is 5.12. The number of esters is 1. The van der Waals surface area contributed by atoms with E-state index in [1.54, 1.807) is 0 Å². The highest BCUT2D eigenvalue weighted by Crippen LogP contribution is 2.21. The number of para-hydroxylation sites is 1. The molecular formula is C18H14F2N2O3. The Balaban J connectivity index is 1.80. The Morgan fingerprint density at radius 1 is 1.12 bits per heavy atom. The fourth-order valence-corrected chi connectivity index (χ4v) is 2.23. The molecule has 0 fully saturated rings. The summed E-state index contributed by atoms with van der Waals surface area (Å²) in [5.74, 6) is -2.62. The molecule has 0 aliphatic carbocycles. The van der Waals surface area contributed by atoms with Gasteiger partial charge >= 0.3 is 5.97 Å². The zero-order chi connectivity index (χ0) is 17.8. The quantitative estimate of drug-likeness (QED) is 0.665. The molecule has 0 amide bonds. The molecular weight excluding hydrogens is 330 g/mol. The smallest absolute Gasteiger partial charge is 0.363 e. The predicted molar refractivity (Wildman–Crippen MR) is 85.6 cm³/mol. The fraction of sp³-hybridized carbons (Fsp3) is 0.111. The second kappa shape index (κ2) is 7.12. The van der Waals surface area contributed by atoms with Crippen LogP contribution in [-0.4, -0.2) is 22.9 Å². The zero-order valence-electron chi connectivity index (χ0n) is 13.3. The van der Waals surface area contributed by atoms with Crippen LogP contribution >= 0.6 is 0 Å². The summed E-state index contributed by atoms with van der Waals surface area (Å²) in [5.41, 5.74) is 0.619. The lowest BCUT2D eigenvalue weighted by molar-refractivity contribution is 0.0457. The van der Waals surface area contributed by atoms with Gasteiger partial charge < -0.3 is 9.47 Å². The zero-order valence-corrected chi connectivity index (χ0v) is 13.3. The molecule has 25 heavy (non-hydrogen) atoms. The molecule has 0 unspecified atom stereocenters. The molecule has 0 bridgehead atoms. The van der Waals surface area contributed by atoms with Crippen molar-refractivity contribution in [1.82, 2.24) is 9.78 Å². The molecule has 0 aliphatic rings. The first-order valence-electron chi connectivity index (χ1n) is 7.39. The van der Waals surface area contributed by atoms with Gasteiger partial charge in [0, 0.05) is 5.56 Å². The van der Waals surface area contributed by atoms with Gasteiger partial charge in [-0.3, -0.25) is 0 Å². The predicted octanol–water partition coefficient (Wildman–Crippen LogP) is 3.52. The van der Waals surface area contributed by atoms with Crippen LogP contribution in [0.25, 0.3) is 5.69 Å². The Bertz CT molecular complexity index is 895. The molecule has 0 radical (unpaired) electrons. The summed E-state index contributed by atoms with van der Waals surface area (Å²) in [5, 5.41) is 4.15. The van der Waals surface area contributed by atoms with Crippen LogP contribution in [0.4, 0.5) is 8.78 Å². The molecule has 128 valence electrons. The van der Waals surface area contributed by atoms with E-state index in [9.17, 15) is 13.6 Å². The van der Waals surface area contributed by atoms with Crippen LogP contribution in [0.3, 0.4) is 0 Å². The van der Waals surface area contributed by atoms with Crippen LogP contribution in [0.15, 0.2) is 54.7 Å². The minimum atomic E-state index is -1.04. The number of aromatic nitrogens is 2. The van der Waals surface area contributed by atoms with Crippen LogP contribution in [0.5, 0.6) is 5.75 Å². The maximum atomic E-state index is 13.6. The summed E-state index contributed by atoms with van der Waals surface area (Å²) in [6, 6.07) is 12.8. The summed E-state index contributed by atoms with van der Waals surface area (Å²) in [4.78, 5) is 12.2. The lowest BCUT2D eigenvalue weighted by atomic mass is 10.2. The largest absolute Gasteiger partial charge is 0.493 e. The number of carbonyl (C=O) groups is 1. The molecule has 5 nitrogen and oxygen atoms in total. The number of rotatable bonds is 5. The molecule has 1 aromatic heterocycles. The van der Waals surface area contributed by atoms with Gasteiger partial charge in [0.15, 0.2) is 17.4 Å². The third-order valence-electron chi connectivity index (χ3n) is 3.51. The molecule has 0 N–H and O–H groups in total. The number of methoxy groups -OCH3 is 1.